The number of carbonyl (C=O) groups excluding carboxylic acids is 1. The van der Waals surface area contributed by atoms with E-state index in [0.717, 1.165) is 29.3 Å². The van der Waals surface area contributed by atoms with Crippen LogP contribution in [0.2, 0.25) is 4.47 Å². The lowest BCUT2D eigenvalue weighted by Crippen LogP contribution is -2.30. The van der Waals surface area contributed by atoms with Gasteiger partial charge in [0.25, 0.3) is 0 Å². The number of methoxy groups -OCH3 is 1. The standard InChI is InChI=1S/C17H20ClN3O2S/c1-23-16(22)12-5-6-15(21-7-3-2-4-8-21)14(9-12)19-10-13-11-20-17(18)24-13/h5-6,9,11,19H,2-4,7-8,10H2,1H3. The predicted octanol–water partition coefficient (Wildman–Crippen LogP) is 4.19. The van der Waals surface area contributed by atoms with E-state index < -0.39 is 0 Å². The van der Waals surface area contributed by atoms with Gasteiger partial charge in [-0.2, -0.15) is 0 Å². The highest BCUT2D eigenvalue weighted by molar-refractivity contribution is 7.15. The van der Waals surface area contributed by atoms with Crippen LogP contribution in [0.3, 0.4) is 0 Å². The molecule has 5 nitrogen and oxygen atoms in total. The zero-order valence-corrected chi connectivity index (χ0v) is 15.1. The number of halogens is 1. The Bertz CT molecular complexity index is 714. The van der Waals surface area contributed by atoms with E-state index in [4.69, 9.17) is 16.3 Å². The third-order valence-corrected chi connectivity index (χ3v) is 5.21. The first kappa shape index (κ1) is 17.0. The van der Waals surface area contributed by atoms with Crippen molar-refractivity contribution in [3.8, 4) is 0 Å². The highest BCUT2D eigenvalue weighted by atomic mass is 35.5. The number of carbonyl (C=O) groups is 1. The highest BCUT2D eigenvalue weighted by Gasteiger charge is 2.17. The number of ether oxygens (including phenoxy) is 1. The van der Waals surface area contributed by atoms with Crippen LogP contribution in [-0.2, 0) is 11.3 Å². The Morgan fingerprint density at radius 3 is 2.83 bits per heavy atom. The van der Waals surface area contributed by atoms with Crippen molar-refractivity contribution in [3.05, 3.63) is 39.3 Å². The highest BCUT2D eigenvalue weighted by Crippen LogP contribution is 2.31. The largest absolute Gasteiger partial charge is 0.465 e. The van der Waals surface area contributed by atoms with Gasteiger partial charge in [0, 0.05) is 24.2 Å². The summed E-state index contributed by atoms with van der Waals surface area (Å²) in [5.41, 5.74) is 2.60. The number of esters is 1. The number of anilines is 2. The van der Waals surface area contributed by atoms with Crippen molar-refractivity contribution in [1.82, 2.24) is 4.98 Å². The number of benzene rings is 1. The van der Waals surface area contributed by atoms with Gasteiger partial charge < -0.3 is 15.0 Å². The topological polar surface area (TPSA) is 54.5 Å². The molecule has 1 aliphatic heterocycles. The molecule has 1 aromatic heterocycles. The summed E-state index contributed by atoms with van der Waals surface area (Å²) in [6.07, 6.45) is 5.44. The first-order valence-electron chi connectivity index (χ1n) is 7.99. The third kappa shape index (κ3) is 3.99. The van der Waals surface area contributed by atoms with Crippen molar-refractivity contribution in [3.63, 3.8) is 0 Å². The summed E-state index contributed by atoms with van der Waals surface area (Å²) in [7, 11) is 1.40. The number of hydrogen-bond donors (Lipinski definition) is 1. The Balaban J connectivity index is 1.84. The van der Waals surface area contributed by atoms with E-state index >= 15 is 0 Å². The fourth-order valence-corrected chi connectivity index (χ4v) is 3.80. The number of nitrogens with one attached hydrogen (secondary N) is 1. The van der Waals surface area contributed by atoms with Gasteiger partial charge >= 0.3 is 5.97 Å². The van der Waals surface area contributed by atoms with E-state index in [0.29, 0.717) is 16.6 Å². The summed E-state index contributed by atoms with van der Waals surface area (Å²) in [5.74, 6) is -0.330. The van der Waals surface area contributed by atoms with Crippen LogP contribution >= 0.6 is 22.9 Å². The fourth-order valence-electron chi connectivity index (χ4n) is 2.88. The summed E-state index contributed by atoms with van der Waals surface area (Å²) >= 11 is 7.34. The van der Waals surface area contributed by atoms with Gasteiger partial charge in [-0.25, -0.2) is 9.78 Å². The molecule has 24 heavy (non-hydrogen) atoms. The van der Waals surface area contributed by atoms with Crippen molar-refractivity contribution in [2.75, 3.05) is 30.4 Å². The first-order valence-corrected chi connectivity index (χ1v) is 9.18. The van der Waals surface area contributed by atoms with Crippen molar-refractivity contribution < 1.29 is 9.53 Å². The molecule has 1 aromatic carbocycles. The second-order valence-electron chi connectivity index (χ2n) is 5.70. The molecule has 0 saturated carbocycles. The Morgan fingerprint density at radius 2 is 2.17 bits per heavy atom. The molecule has 7 heteroatoms. The normalized spacial score (nSPS) is 14.5. The molecule has 0 unspecified atom stereocenters. The van der Waals surface area contributed by atoms with Crippen molar-refractivity contribution >= 4 is 40.3 Å². The molecule has 2 heterocycles. The molecule has 0 bridgehead atoms. The number of piperidine rings is 1. The Labute approximate surface area is 150 Å². The molecule has 0 radical (unpaired) electrons. The lowest BCUT2D eigenvalue weighted by molar-refractivity contribution is 0.0601. The van der Waals surface area contributed by atoms with E-state index in [-0.39, 0.29) is 5.97 Å². The lowest BCUT2D eigenvalue weighted by atomic mass is 10.1. The monoisotopic (exact) mass is 365 g/mol. The number of thiazole rings is 1. The van der Waals surface area contributed by atoms with Crippen LogP contribution in [-0.4, -0.2) is 31.2 Å². The van der Waals surface area contributed by atoms with Crippen molar-refractivity contribution in [2.24, 2.45) is 0 Å². The maximum absolute atomic E-state index is 11.8. The van der Waals surface area contributed by atoms with E-state index in [1.165, 1.54) is 37.7 Å². The number of rotatable bonds is 5. The summed E-state index contributed by atoms with van der Waals surface area (Å²) in [6.45, 7) is 2.70. The van der Waals surface area contributed by atoms with Gasteiger partial charge in [0.1, 0.15) is 0 Å². The van der Waals surface area contributed by atoms with Crippen LogP contribution in [0.1, 0.15) is 34.5 Å². The van der Waals surface area contributed by atoms with Gasteiger partial charge in [-0.3, -0.25) is 0 Å². The summed E-state index contributed by atoms with van der Waals surface area (Å²) < 4.78 is 5.37. The molecule has 1 fully saturated rings. The molecule has 1 aliphatic rings. The molecular weight excluding hydrogens is 346 g/mol. The van der Waals surface area contributed by atoms with E-state index in [2.05, 4.69) is 15.2 Å². The minimum absolute atomic E-state index is 0.330. The molecule has 2 aromatic rings. The van der Waals surface area contributed by atoms with Gasteiger partial charge in [0.15, 0.2) is 4.47 Å². The average Bonchev–Trinajstić information content (AvgIpc) is 3.05. The summed E-state index contributed by atoms with van der Waals surface area (Å²) in [5, 5.41) is 3.42. The molecule has 0 aliphatic carbocycles. The minimum Gasteiger partial charge on any atom is -0.465 e. The van der Waals surface area contributed by atoms with Gasteiger partial charge in [-0.15, -0.1) is 11.3 Å². The molecule has 3 rings (SSSR count). The molecule has 128 valence electrons. The van der Waals surface area contributed by atoms with Gasteiger partial charge in [-0.1, -0.05) is 11.6 Å². The third-order valence-electron chi connectivity index (χ3n) is 4.09. The smallest absolute Gasteiger partial charge is 0.337 e. The molecule has 1 N–H and O–H groups in total. The van der Waals surface area contributed by atoms with Crippen molar-refractivity contribution in [2.45, 2.75) is 25.8 Å². The molecule has 0 atom stereocenters. The zero-order valence-electron chi connectivity index (χ0n) is 13.5. The van der Waals surface area contributed by atoms with E-state index in [9.17, 15) is 4.79 Å². The van der Waals surface area contributed by atoms with Gasteiger partial charge in [0.05, 0.1) is 30.6 Å². The lowest BCUT2D eigenvalue weighted by Gasteiger charge is -2.31. The van der Waals surface area contributed by atoms with Crippen LogP contribution in [0.15, 0.2) is 24.4 Å². The zero-order chi connectivity index (χ0) is 16.9. The predicted molar refractivity (Wildman–Crippen MR) is 98.3 cm³/mol. The van der Waals surface area contributed by atoms with E-state index in [1.807, 2.05) is 18.2 Å². The quantitative estimate of drug-likeness (QED) is 0.805. The van der Waals surface area contributed by atoms with Gasteiger partial charge in [-0.05, 0) is 37.5 Å². The van der Waals surface area contributed by atoms with E-state index in [1.54, 1.807) is 6.20 Å². The Morgan fingerprint density at radius 1 is 1.38 bits per heavy atom. The molecule has 1 saturated heterocycles. The number of hydrogen-bond acceptors (Lipinski definition) is 6. The SMILES string of the molecule is COC(=O)c1ccc(N2CCCCC2)c(NCc2cnc(Cl)s2)c1. The van der Waals surface area contributed by atoms with Gasteiger partial charge in [0.2, 0.25) is 0 Å². The average molecular weight is 366 g/mol. The fraction of sp³-hybridized carbons (Fsp3) is 0.412. The maximum Gasteiger partial charge on any atom is 0.337 e. The Hall–Kier alpha value is -1.79. The number of aromatic nitrogens is 1. The van der Waals surface area contributed by atoms with Crippen LogP contribution < -0.4 is 10.2 Å². The maximum atomic E-state index is 11.8. The van der Waals surface area contributed by atoms with Crippen LogP contribution in [0, 0.1) is 0 Å². The number of nitrogens with zero attached hydrogens (tertiary/aromatic N) is 2. The molecule has 0 spiro atoms. The minimum atomic E-state index is -0.330. The summed E-state index contributed by atoms with van der Waals surface area (Å²) in [6, 6.07) is 5.68. The van der Waals surface area contributed by atoms with Crippen LogP contribution in [0.25, 0.3) is 0 Å². The Kier molecular flexibility index (Phi) is 5.58. The molecule has 0 amide bonds. The second kappa shape index (κ2) is 7.85. The van der Waals surface area contributed by atoms with Crippen molar-refractivity contribution in [1.29, 1.82) is 0 Å². The van der Waals surface area contributed by atoms with Crippen LogP contribution in [0.5, 0.6) is 0 Å². The summed E-state index contributed by atoms with van der Waals surface area (Å²) in [4.78, 5) is 19.3. The molecular formula is C17H20ClN3O2S. The van der Waals surface area contributed by atoms with Crippen LogP contribution in [0.4, 0.5) is 11.4 Å². The first-order chi connectivity index (χ1) is 11.7. The second-order valence-corrected chi connectivity index (χ2v) is 7.40.